The highest BCUT2D eigenvalue weighted by Crippen LogP contribution is 2.42. The van der Waals surface area contributed by atoms with Crippen molar-refractivity contribution in [3.8, 4) is 5.75 Å². The quantitative estimate of drug-likeness (QED) is 0.396. The lowest BCUT2D eigenvalue weighted by Gasteiger charge is -2.25. The molecule has 3 aromatic rings. The number of ketones is 1. The van der Waals surface area contributed by atoms with Crippen molar-refractivity contribution in [1.82, 2.24) is 4.98 Å². The van der Waals surface area contributed by atoms with Crippen LogP contribution < -0.4 is 9.64 Å². The maximum absolute atomic E-state index is 13.0. The van der Waals surface area contributed by atoms with Crippen molar-refractivity contribution < 1.29 is 19.4 Å². The van der Waals surface area contributed by atoms with E-state index in [0.29, 0.717) is 29.2 Å². The van der Waals surface area contributed by atoms with Crippen molar-refractivity contribution in [1.29, 1.82) is 0 Å². The summed E-state index contributed by atoms with van der Waals surface area (Å²) < 4.78 is 5.50. The Labute approximate surface area is 174 Å². The Hall–Kier alpha value is -3.93. The van der Waals surface area contributed by atoms with E-state index < -0.39 is 17.7 Å². The van der Waals surface area contributed by atoms with Crippen molar-refractivity contribution in [3.05, 3.63) is 95.8 Å². The summed E-state index contributed by atoms with van der Waals surface area (Å²) in [7, 11) is 0. The first-order valence-electron chi connectivity index (χ1n) is 9.61. The van der Waals surface area contributed by atoms with Gasteiger partial charge in [-0.2, -0.15) is 0 Å². The molecule has 150 valence electrons. The van der Waals surface area contributed by atoms with Crippen LogP contribution in [0.25, 0.3) is 5.76 Å². The number of anilines is 1. The second-order valence-corrected chi connectivity index (χ2v) is 6.75. The summed E-state index contributed by atoms with van der Waals surface area (Å²) in [5, 5.41) is 11.0. The summed E-state index contributed by atoms with van der Waals surface area (Å²) in [6, 6.07) is 18.5. The molecule has 1 unspecified atom stereocenters. The summed E-state index contributed by atoms with van der Waals surface area (Å²) in [6.45, 7) is 2.42. The summed E-state index contributed by atoms with van der Waals surface area (Å²) in [5.74, 6) is -0.972. The van der Waals surface area contributed by atoms with Crippen LogP contribution in [0.2, 0.25) is 0 Å². The van der Waals surface area contributed by atoms with Gasteiger partial charge in [-0.1, -0.05) is 42.5 Å². The minimum Gasteiger partial charge on any atom is -0.507 e. The van der Waals surface area contributed by atoms with Crippen LogP contribution in [-0.2, 0) is 9.59 Å². The molecule has 1 N–H and O–H groups in total. The highest BCUT2D eigenvalue weighted by atomic mass is 16.5. The van der Waals surface area contributed by atoms with E-state index in [9.17, 15) is 14.7 Å². The van der Waals surface area contributed by atoms with Gasteiger partial charge in [0.25, 0.3) is 11.7 Å². The molecule has 0 spiro atoms. The van der Waals surface area contributed by atoms with E-state index >= 15 is 0 Å². The molecule has 4 rings (SSSR count). The lowest BCUT2D eigenvalue weighted by molar-refractivity contribution is -0.132. The number of aliphatic hydroxyl groups excluding tert-OH is 1. The molecule has 6 nitrogen and oxygen atoms in total. The number of amides is 1. The van der Waals surface area contributed by atoms with Gasteiger partial charge in [0.15, 0.2) is 0 Å². The van der Waals surface area contributed by atoms with Crippen LogP contribution in [0.1, 0.15) is 24.1 Å². The molecule has 1 aromatic heterocycles. The van der Waals surface area contributed by atoms with Crippen LogP contribution in [0.3, 0.4) is 0 Å². The average molecular weight is 400 g/mol. The molecular weight excluding hydrogens is 380 g/mol. The highest BCUT2D eigenvalue weighted by molar-refractivity contribution is 6.51. The normalized spacial score (nSPS) is 17.9. The molecule has 2 heterocycles. The molecule has 0 radical (unpaired) electrons. The van der Waals surface area contributed by atoms with Gasteiger partial charge in [-0.3, -0.25) is 19.5 Å². The lowest BCUT2D eigenvalue weighted by atomic mass is 9.95. The molecule has 0 saturated carbocycles. The number of hydrogen-bond acceptors (Lipinski definition) is 5. The number of ether oxygens (including phenoxy) is 1. The number of hydrogen-bond donors (Lipinski definition) is 1. The van der Waals surface area contributed by atoms with Gasteiger partial charge in [-0.05, 0) is 36.8 Å². The molecule has 0 bridgehead atoms. The van der Waals surface area contributed by atoms with Crippen molar-refractivity contribution >= 4 is 23.1 Å². The number of nitrogens with zero attached hydrogens (tertiary/aromatic N) is 2. The van der Waals surface area contributed by atoms with E-state index in [1.165, 1.54) is 11.1 Å². The molecular formula is C24H20N2O4. The van der Waals surface area contributed by atoms with Gasteiger partial charge in [0.2, 0.25) is 0 Å². The fourth-order valence-corrected chi connectivity index (χ4v) is 3.58. The van der Waals surface area contributed by atoms with Gasteiger partial charge in [-0.15, -0.1) is 0 Å². The minimum atomic E-state index is -0.787. The fraction of sp³-hybridized carbons (Fsp3) is 0.125. The van der Waals surface area contributed by atoms with E-state index in [-0.39, 0.29) is 11.3 Å². The Bertz CT molecular complexity index is 1090. The molecule has 1 fully saturated rings. The van der Waals surface area contributed by atoms with Crippen molar-refractivity contribution in [2.45, 2.75) is 13.0 Å². The zero-order valence-corrected chi connectivity index (χ0v) is 16.4. The highest BCUT2D eigenvalue weighted by Gasteiger charge is 2.47. The summed E-state index contributed by atoms with van der Waals surface area (Å²) in [4.78, 5) is 31.4. The van der Waals surface area contributed by atoms with E-state index in [0.717, 1.165) is 0 Å². The molecule has 30 heavy (non-hydrogen) atoms. The number of aliphatic hydroxyl groups is 1. The first-order chi connectivity index (χ1) is 14.6. The monoisotopic (exact) mass is 400 g/mol. The summed E-state index contributed by atoms with van der Waals surface area (Å²) >= 11 is 0. The molecule has 0 aliphatic carbocycles. The van der Waals surface area contributed by atoms with Gasteiger partial charge in [0, 0.05) is 11.8 Å². The van der Waals surface area contributed by atoms with E-state index in [4.69, 9.17) is 4.74 Å². The molecule has 1 saturated heterocycles. The van der Waals surface area contributed by atoms with Gasteiger partial charge in [0.05, 0.1) is 30.1 Å². The standard InChI is InChI=1S/C24H20N2O4/c1-2-30-19-12-10-16(11-13-19)21-20(22(27)17-7-4-3-5-8-17)23(28)24(29)26(21)18-9-6-14-25-15-18/h3-15,21,27H,2H2,1H3/b22-20-. The second-order valence-electron chi connectivity index (χ2n) is 6.75. The molecule has 2 aromatic carbocycles. The van der Waals surface area contributed by atoms with Crippen LogP contribution in [0.15, 0.2) is 84.7 Å². The Morgan fingerprint density at radius 3 is 2.40 bits per heavy atom. The zero-order valence-electron chi connectivity index (χ0n) is 16.4. The van der Waals surface area contributed by atoms with Crippen molar-refractivity contribution in [2.75, 3.05) is 11.5 Å². The Morgan fingerprint density at radius 2 is 1.77 bits per heavy atom. The van der Waals surface area contributed by atoms with Crippen LogP contribution in [0, 0.1) is 0 Å². The summed E-state index contributed by atoms with van der Waals surface area (Å²) in [5.41, 5.74) is 1.67. The molecule has 1 aliphatic rings. The second kappa shape index (κ2) is 8.21. The first kappa shape index (κ1) is 19.4. The van der Waals surface area contributed by atoms with E-state index in [1.54, 1.807) is 66.9 Å². The minimum absolute atomic E-state index is 0.0409. The number of carbonyl (C=O) groups excluding carboxylic acids is 2. The third kappa shape index (κ3) is 3.43. The molecule has 1 atom stereocenters. The fourth-order valence-electron chi connectivity index (χ4n) is 3.58. The summed E-state index contributed by atoms with van der Waals surface area (Å²) in [6.07, 6.45) is 3.12. The Morgan fingerprint density at radius 1 is 1.03 bits per heavy atom. The third-order valence-electron chi connectivity index (χ3n) is 4.92. The maximum Gasteiger partial charge on any atom is 0.300 e. The van der Waals surface area contributed by atoms with Crippen LogP contribution in [0.5, 0.6) is 5.75 Å². The van der Waals surface area contributed by atoms with Gasteiger partial charge < -0.3 is 9.84 Å². The Kier molecular flexibility index (Phi) is 5.30. The predicted octanol–water partition coefficient (Wildman–Crippen LogP) is 4.11. The number of rotatable bonds is 5. The number of pyridine rings is 1. The van der Waals surface area contributed by atoms with Crippen molar-refractivity contribution in [3.63, 3.8) is 0 Å². The van der Waals surface area contributed by atoms with Gasteiger partial charge >= 0.3 is 0 Å². The largest absolute Gasteiger partial charge is 0.507 e. The number of carbonyl (C=O) groups is 2. The van der Waals surface area contributed by atoms with Crippen molar-refractivity contribution in [2.24, 2.45) is 0 Å². The molecule has 1 aliphatic heterocycles. The van der Waals surface area contributed by atoms with Crippen LogP contribution in [0.4, 0.5) is 5.69 Å². The third-order valence-corrected chi connectivity index (χ3v) is 4.92. The van der Waals surface area contributed by atoms with Gasteiger partial charge in [0.1, 0.15) is 11.5 Å². The van der Waals surface area contributed by atoms with E-state index in [2.05, 4.69) is 4.98 Å². The predicted molar refractivity (Wildman–Crippen MR) is 113 cm³/mol. The number of aromatic nitrogens is 1. The zero-order chi connectivity index (χ0) is 21.1. The first-order valence-corrected chi connectivity index (χ1v) is 9.61. The number of Topliss-reactive ketones (excluding diaryl/α,β-unsaturated/α-hetero) is 1. The molecule has 6 heteroatoms. The average Bonchev–Trinajstić information content (AvgIpc) is 3.06. The van der Waals surface area contributed by atoms with Crippen LogP contribution in [-0.4, -0.2) is 28.4 Å². The van der Waals surface area contributed by atoms with Gasteiger partial charge in [-0.25, -0.2) is 0 Å². The Balaban J connectivity index is 1.90. The van der Waals surface area contributed by atoms with E-state index in [1.807, 2.05) is 13.0 Å². The topological polar surface area (TPSA) is 79.7 Å². The lowest BCUT2D eigenvalue weighted by Crippen LogP contribution is -2.29. The maximum atomic E-state index is 13.0. The smallest absolute Gasteiger partial charge is 0.300 e. The van der Waals surface area contributed by atoms with Crippen LogP contribution >= 0.6 is 0 Å². The SMILES string of the molecule is CCOc1ccc(C2/C(=C(/O)c3ccccc3)C(=O)C(=O)N2c2cccnc2)cc1. The molecule has 1 amide bonds. The number of benzene rings is 2.